The fourth-order valence-corrected chi connectivity index (χ4v) is 1.67. The lowest BCUT2D eigenvalue weighted by Crippen LogP contribution is -2.43. The van der Waals surface area contributed by atoms with Gasteiger partial charge in [-0.15, -0.1) is 0 Å². The molecule has 0 saturated heterocycles. The van der Waals surface area contributed by atoms with Crippen molar-refractivity contribution in [3.63, 3.8) is 0 Å². The maximum Gasteiger partial charge on any atom is 0.256 e. The van der Waals surface area contributed by atoms with Crippen molar-refractivity contribution in [2.45, 2.75) is 33.7 Å². The third kappa shape index (κ3) is 3.19. The first kappa shape index (κ1) is 14.0. The molecule has 4 heteroatoms. The lowest BCUT2D eigenvalue weighted by molar-refractivity contribution is 0.0629. The standard InChI is InChI=1S/C13H19ClN2O/c1-9(13(2,3)4)16(5)12(17)10-8-15-7-6-11(10)14/h6-9H,1-5H3. The van der Waals surface area contributed by atoms with Crippen LogP contribution in [0.25, 0.3) is 0 Å². The Morgan fingerprint density at radius 1 is 1.47 bits per heavy atom. The summed E-state index contributed by atoms with van der Waals surface area (Å²) in [7, 11) is 1.79. The number of aromatic nitrogens is 1. The van der Waals surface area contributed by atoms with Crippen LogP contribution in [0, 0.1) is 5.41 Å². The smallest absolute Gasteiger partial charge is 0.256 e. The van der Waals surface area contributed by atoms with Crippen molar-refractivity contribution in [3.8, 4) is 0 Å². The average Bonchev–Trinajstić information content (AvgIpc) is 2.25. The summed E-state index contributed by atoms with van der Waals surface area (Å²) in [5, 5.41) is 0.443. The zero-order chi connectivity index (χ0) is 13.2. The minimum Gasteiger partial charge on any atom is -0.338 e. The minimum atomic E-state index is -0.0921. The quantitative estimate of drug-likeness (QED) is 0.812. The topological polar surface area (TPSA) is 33.2 Å². The van der Waals surface area contributed by atoms with E-state index in [9.17, 15) is 4.79 Å². The molecule has 0 bridgehead atoms. The van der Waals surface area contributed by atoms with Gasteiger partial charge in [-0.05, 0) is 18.4 Å². The van der Waals surface area contributed by atoms with E-state index in [-0.39, 0.29) is 17.4 Å². The first-order chi connectivity index (χ1) is 7.75. The lowest BCUT2D eigenvalue weighted by Gasteiger charge is -2.35. The van der Waals surface area contributed by atoms with Gasteiger partial charge in [0, 0.05) is 25.5 Å². The average molecular weight is 255 g/mol. The predicted octanol–water partition coefficient (Wildman–Crippen LogP) is 3.24. The predicted molar refractivity (Wildman–Crippen MR) is 70.3 cm³/mol. The van der Waals surface area contributed by atoms with Gasteiger partial charge >= 0.3 is 0 Å². The number of hydrogen-bond donors (Lipinski definition) is 0. The van der Waals surface area contributed by atoms with E-state index in [4.69, 9.17) is 11.6 Å². The Hall–Kier alpha value is -1.09. The van der Waals surface area contributed by atoms with Gasteiger partial charge in [0.05, 0.1) is 10.6 Å². The van der Waals surface area contributed by atoms with Gasteiger partial charge in [-0.2, -0.15) is 0 Å². The number of hydrogen-bond acceptors (Lipinski definition) is 2. The van der Waals surface area contributed by atoms with Crippen molar-refractivity contribution in [1.29, 1.82) is 0 Å². The first-order valence-corrected chi connectivity index (χ1v) is 5.99. The largest absolute Gasteiger partial charge is 0.338 e. The Kier molecular flexibility index (Phi) is 4.15. The molecule has 0 aliphatic heterocycles. The van der Waals surface area contributed by atoms with E-state index in [1.165, 1.54) is 6.20 Å². The van der Waals surface area contributed by atoms with Gasteiger partial charge < -0.3 is 4.90 Å². The number of rotatable bonds is 2. The molecule has 1 rings (SSSR count). The molecular weight excluding hydrogens is 236 g/mol. The third-order valence-electron chi connectivity index (χ3n) is 3.15. The molecule has 94 valence electrons. The van der Waals surface area contributed by atoms with Gasteiger partial charge in [0.25, 0.3) is 5.91 Å². The molecule has 0 N–H and O–H groups in total. The number of nitrogens with zero attached hydrogens (tertiary/aromatic N) is 2. The van der Waals surface area contributed by atoms with E-state index >= 15 is 0 Å². The summed E-state index contributed by atoms with van der Waals surface area (Å²) >= 11 is 5.99. The highest BCUT2D eigenvalue weighted by atomic mass is 35.5. The van der Waals surface area contributed by atoms with Gasteiger partial charge in [-0.25, -0.2) is 0 Å². The van der Waals surface area contributed by atoms with Crippen LogP contribution in [-0.4, -0.2) is 28.9 Å². The molecule has 0 aliphatic rings. The second kappa shape index (κ2) is 5.05. The molecule has 1 unspecified atom stereocenters. The molecule has 1 aromatic heterocycles. The maximum atomic E-state index is 12.3. The molecule has 0 saturated carbocycles. The summed E-state index contributed by atoms with van der Waals surface area (Å²) in [6, 6.07) is 1.75. The van der Waals surface area contributed by atoms with E-state index in [1.807, 2.05) is 6.92 Å². The van der Waals surface area contributed by atoms with E-state index in [1.54, 1.807) is 24.2 Å². The third-order valence-corrected chi connectivity index (χ3v) is 3.48. The Balaban J connectivity index is 2.95. The summed E-state index contributed by atoms with van der Waals surface area (Å²) in [4.78, 5) is 17.9. The molecule has 1 amide bonds. The number of carbonyl (C=O) groups excluding carboxylic acids is 1. The van der Waals surface area contributed by atoms with Crippen LogP contribution in [0.5, 0.6) is 0 Å². The maximum absolute atomic E-state index is 12.3. The fraction of sp³-hybridized carbons (Fsp3) is 0.538. The van der Waals surface area contributed by atoms with Crippen molar-refractivity contribution in [2.24, 2.45) is 5.41 Å². The first-order valence-electron chi connectivity index (χ1n) is 5.62. The van der Waals surface area contributed by atoms with Crippen molar-refractivity contribution < 1.29 is 4.79 Å². The molecule has 0 spiro atoms. The van der Waals surface area contributed by atoms with Gasteiger partial charge in [-0.1, -0.05) is 32.4 Å². The van der Waals surface area contributed by atoms with Crippen LogP contribution in [0.2, 0.25) is 5.02 Å². The van der Waals surface area contributed by atoms with E-state index in [0.29, 0.717) is 10.6 Å². The molecule has 0 aromatic carbocycles. The molecular formula is C13H19ClN2O. The summed E-state index contributed by atoms with van der Waals surface area (Å²) < 4.78 is 0. The molecule has 17 heavy (non-hydrogen) atoms. The van der Waals surface area contributed by atoms with Gasteiger partial charge in [0.15, 0.2) is 0 Å². The zero-order valence-corrected chi connectivity index (χ0v) is 11.7. The highest BCUT2D eigenvalue weighted by molar-refractivity contribution is 6.33. The van der Waals surface area contributed by atoms with Crippen LogP contribution in [0.15, 0.2) is 18.5 Å². The Morgan fingerprint density at radius 3 is 2.53 bits per heavy atom. The van der Waals surface area contributed by atoms with E-state index in [2.05, 4.69) is 25.8 Å². The molecule has 0 radical (unpaired) electrons. The van der Waals surface area contributed by atoms with Crippen LogP contribution in [0.1, 0.15) is 38.1 Å². The molecule has 1 heterocycles. The second-order valence-electron chi connectivity index (χ2n) is 5.31. The van der Waals surface area contributed by atoms with Gasteiger partial charge in [0.1, 0.15) is 0 Å². The minimum absolute atomic E-state index is 0.0269. The molecule has 1 atom stereocenters. The summed E-state index contributed by atoms with van der Waals surface area (Å²) in [5.74, 6) is -0.0921. The highest BCUT2D eigenvalue weighted by Crippen LogP contribution is 2.25. The molecule has 3 nitrogen and oxygen atoms in total. The number of amides is 1. The second-order valence-corrected chi connectivity index (χ2v) is 5.72. The van der Waals surface area contributed by atoms with Crippen LogP contribution in [0.3, 0.4) is 0 Å². The Bertz CT molecular complexity index is 412. The van der Waals surface area contributed by atoms with E-state index < -0.39 is 0 Å². The summed E-state index contributed by atoms with van der Waals surface area (Å²) in [5.41, 5.74) is 0.479. The van der Waals surface area contributed by atoms with E-state index in [0.717, 1.165) is 0 Å². The van der Waals surface area contributed by atoms with Crippen molar-refractivity contribution in [2.75, 3.05) is 7.05 Å². The molecule has 0 aliphatic carbocycles. The SMILES string of the molecule is CC(N(C)C(=O)c1cnccc1Cl)C(C)(C)C. The van der Waals surface area contributed by atoms with Crippen LogP contribution >= 0.6 is 11.6 Å². The molecule has 0 fully saturated rings. The van der Waals surface area contributed by atoms with Crippen LogP contribution in [0.4, 0.5) is 0 Å². The number of carbonyl (C=O) groups is 1. The Morgan fingerprint density at radius 2 is 2.06 bits per heavy atom. The summed E-state index contributed by atoms with van der Waals surface area (Å²) in [6.07, 6.45) is 3.09. The summed E-state index contributed by atoms with van der Waals surface area (Å²) in [6.45, 7) is 8.34. The fourth-order valence-electron chi connectivity index (χ4n) is 1.48. The number of pyridine rings is 1. The highest BCUT2D eigenvalue weighted by Gasteiger charge is 2.28. The van der Waals surface area contributed by atoms with Crippen LogP contribution in [-0.2, 0) is 0 Å². The van der Waals surface area contributed by atoms with Crippen molar-refractivity contribution >= 4 is 17.5 Å². The van der Waals surface area contributed by atoms with Crippen molar-refractivity contribution in [3.05, 3.63) is 29.0 Å². The zero-order valence-electron chi connectivity index (χ0n) is 11.0. The monoisotopic (exact) mass is 254 g/mol. The molecule has 1 aromatic rings. The number of halogens is 1. The van der Waals surface area contributed by atoms with Gasteiger partial charge in [0.2, 0.25) is 0 Å². The van der Waals surface area contributed by atoms with Crippen LogP contribution < -0.4 is 0 Å². The normalized spacial score (nSPS) is 13.3. The van der Waals surface area contributed by atoms with Crippen molar-refractivity contribution in [1.82, 2.24) is 9.88 Å². The Labute approximate surface area is 108 Å². The van der Waals surface area contributed by atoms with Gasteiger partial charge in [-0.3, -0.25) is 9.78 Å². The lowest BCUT2D eigenvalue weighted by atomic mass is 9.87.